The summed E-state index contributed by atoms with van der Waals surface area (Å²) in [5.74, 6) is 0.269. The summed E-state index contributed by atoms with van der Waals surface area (Å²) in [4.78, 5) is 14.3. The van der Waals surface area contributed by atoms with Gasteiger partial charge in [-0.1, -0.05) is 6.07 Å². The number of benzene rings is 2. The molecule has 0 unspecified atom stereocenters. The molecule has 0 aliphatic carbocycles. The van der Waals surface area contributed by atoms with Crippen molar-refractivity contribution in [3.8, 4) is 11.5 Å². The number of nitrogens with zero attached hydrogens (tertiary/aromatic N) is 2. The molecule has 1 N–H and O–H groups in total. The second-order valence-electron chi connectivity index (χ2n) is 4.05. The van der Waals surface area contributed by atoms with Gasteiger partial charge in [0.25, 0.3) is 0 Å². The fraction of sp³-hybridized carbons (Fsp3) is 0.0714. The molecule has 0 spiro atoms. The monoisotopic (exact) mass is 350 g/mol. The van der Waals surface area contributed by atoms with E-state index in [2.05, 4.69) is 20.9 Å². The van der Waals surface area contributed by atoms with Crippen molar-refractivity contribution in [2.45, 2.75) is 0 Å². The Morgan fingerprint density at radius 1 is 1.38 bits per heavy atom. The third-order valence-corrected chi connectivity index (χ3v) is 3.35. The predicted molar refractivity (Wildman–Crippen MR) is 82.7 cm³/mol. The third kappa shape index (κ3) is 3.38. The molecule has 0 radical (unpaired) electrons. The molecule has 0 aromatic heterocycles. The SMILES string of the molecule is COc1ccc(N=Cc2cccc([N+](=O)[O-])c2O)cc1Br. The summed E-state index contributed by atoms with van der Waals surface area (Å²) >= 11 is 3.34. The van der Waals surface area contributed by atoms with Gasteiger partial charge in [0.2, 0.25) is 5.75 Å². The van der Waals surface area contributed by atoms with Gasteiger partial charge in [0.05, 0.1) is 22.2 Å². The van der Waals surface area contributed by atoms with Crippen LogP contribution >= 0.6 is 15.9 Å². The summed E-state index contributed by atoms with van der Waals surface area (Å²) in [5, 5.41) is 20.6. The van der Waals surface area contributed by atoms with Crippen molar-refractivity contribution in [2.75, 3.05) is 7.11 Å². The number of rotatable bonds is 4. The van der Waals surface area contributed by atoms with Crippen LogP contribution in [-0.4, -0.2) is 23.4 Å². The molecule has 0 fully saturated rings. The lowest BCUT2D eigenvalue weighted by Gasteiger charge is -2.03. The van der Waals surface area contributed by atoms with Gasteiger partial charge < -0.3 is 9.84 Å². The highest BCUT2D eigenvalue weighted by molar-refractivity contribution is 9.10. The molecular weight excluding hydrogens is 340 g/mol. The first-order valence-corrected chi connectivity index (χ1v) is 6.66. The minimum atomic E-state index is -0.642. The van der Waals surface area contributed by atoms with Gasteiger partial charge in [0.15, 0.2) is 0 Å². The highest BCUT2D eigenvalue weighted by Crippen LogP contribution is 2.30. The molecule has 0 amide bonds. The van der Waals surface area contributed by atoms with Crippen molar-refractivity contribution in [2.24, 2.45) is 4.99 Å². The molecule has 0 heterocycles. The zero-order chi connectivity index (χ0) is 15.4. The van der Waals surface area contributed by atoms with Gasteiger partial charge in [0.1, 0.15) is 5.75 Å². The van der Waals surface area contributed by atoms with Crippen LogP contribution in [0.4, 0.5) is 11.4 Å². The second-order valence-corrected chi connectivity index (χ2v) is 4.90. The van der Waals surface area contributed by atoms with Crippen molar-refractivity contribution in [1.82, 2.24) is 0 Å². The van der Waals surface area contributed by atoms with Gasteiger partial charge in [-0.2, -0.15) is 0 Å². The molecular formula is C14H11BrN2O4. The molecule has 108 valence electrons. The van der Waals surface area contributed by atoms with Gasteiger partial charge in [-0.05, 0) is 40.2 Å². The lowest BCUT2D eigenvalue weighted by molar-refractivity contribution is -0.385. The van der Waals surface area contributed by atoms with E-state index in [0.717, 1.165) is 4.47 Å². The maximum Gasteiger partial charge on any atom is 0.311 e. The van der Waals surface area contributed by atoms with Crippen molar-refractivity contribution in [3.63, 3.8) is 0 Å². The number of aromatic hydroxyl groups is 1. The van der Waals surface area contributed by atoms with Gasteiger partial charge in [-0.3, -0.25) is 15.1 Å². The normalized spacial score (nSPS) is 10.8. The Morgan fingerprint density at radius 2 is 2.14 bits per heavy atom. The predicted octanol–water partition coefficient (Wildman–Crippen LogP) is 3.82. The van der Waals surface area contributed by atoms with Crippen LogP contribution in [0.25, 0.3) is 0 Å². The Hall–Kier alpha value is -2.41. The highest BCUT2D eigenvalue weighted by atomic mass is 79.9. The number of methoxy groups -OCH3 is 1. The Labute approximate surface area is 129 Å². The molecule has 2 rings (SSSR count). The first kappa shape index (κ1) is 15.0. The maximum atomic E-state index is 10.7. The average Bonchev–Trinajstić information content (AvgIpc) is 2.46. The van der Waals surface area contributed by atoms with Crippen LogP contribution in [0.15, 0.2) is 45.9 Å². The van der Waals surface area contributed by atoms with Gasteiger partial charge >= 0.3 is 5.69 Å². The number of phenols is 1. The minimum absolute atomic E-state index is 0.274. The van der Waals surface area contributed by atoms with E-state index in [-0.39, 0.29) is 11.3 Å². The molecule has 0 bridgehead atoms. The van der Waals surface area contributed by atoms with E-state index in [1.165, 1.54) is 18.3 Å². The number of phenolic OH excluding ortho intramolecular Hbond substituents is 1. The molecule has 0 aliphatic rings. The standard InChI is InChI=1S/C14H11BrN2O4/c1-21-13-6-5-10(7-11(13)15)16-8-9-3-2-4-12(14(9)18)17(19)20/h2-8,18H,1H3. The van der Waals surface area contributed by atoms with Crippen molar-refractivity contribution < 1.29 is 14.8 Å². The van der Waals surface area contributed by atoms with E-state index in [4.69, 9.17) is 4.74 Å². The van der Waals surface area contributed by atoms with E-state index in [0.29, 0.717) is 11.4 Å². The topological polar surface area (TPSA) is 85.0 Å². The number of halogens is 1. The Bertz CT molecular complexity index is 716. The van der Waals surface area contributed by atoms with Crippen LogP contribution in [0.1, 0.15) is 5.56 Å². The molecule has 2 aromatic carbocycles. The van der Waals surface area contributed by atoms with Crippen LogP contribution in [0, 0.1) is 10.1 Å². The quantitative estimate of drug-likeness (QED) is 0.515. The molecule has 21 heavy (non-hydrogen) atoms. The summed E-state index contributed by atoms with van der Waals surface area (Å²) in [6, 6.07) is 9.48. The number of hydrogen-bond acceptors (Lipinski definition) is 5. The van der Waals surface area contributed by atoms with Gasteiger partial charge in [0, 0.05) is 17.8 Å². The Morgan fingerprint density at radius 3 is 2.76 bits per heavy atom. The van der Waals surface area contributed by atoms with E-state index >= 15 is 0 Å². The van der Waals surface area contributed by atoms with Gasteiger partial charge in [-0.25, -0.2) is 0 Å². The van der Waals surface area contributed by atoms with Gasteiger partial charge in [-0.15, -0.1) is 0 Å². The van der Waals surface area contributed by atoms with E-state index in [1.54, 1.807) is 31.4 Å². The zero-order valence-corrected chi connectivity index (χ0v) is 12.6. The summed E-state index contributed by atoms with van der Waals surface area (Å²) in [6.07, 6.45) is 1.37. The lowest BCUT2D eigenvalue weighted by Crippen LogP contribution is -1.91. The van der Waals surface area contributed by atoms with Crippen LogP contribution in [0.5, 0.6) is 11.5 Å². The van der Waals surface area contributed by atoms with E-state index < -0.39 is 10.7 Å². The van der Waals surface area contributed by atoms with E-state index in [1.807, 2.05) is 0 Å². The number of aliphatic imine (C=N–C) groups is 1. The first-order valence-electron chi connectivity index (χ1n) is 5.87. The molecule has 0 saturated heterocycles. The average molecular weight is 351 g/mol. The number of ether oxygens (including phenoxy) is 1. The Kier molecular flexibility index (Phi) is 4.54. The summed E-state index contributed by atoms with van der Waals surface area (Å²) in [6.45, 7) is 0. The molecule has 7 heteroatoms. The molecule has 6 nitrogen and oxygen atoms in total. The number of para-hydroxylation sites is 1. The third-order valence-electron chi connectivity index (χ3n) is 2.73. The summed E-state index contributed by atoms with van der Waals surface area (Å²) < 4.78 is 5.85. The van der Waals surface area contributed by atoms with Crippen LogP contribution < -0.4 is 4.74 Å². The fourth-order valence-electron chi connectivity index (χ4n) is 1.68. The van der Waals surface area contributed by atoms with Crippen LogP contribution in [-0.2, 0) is 0 Å². The molecule has 0 aliphatic heterocycles. The van der Waals surface area contributed by atoms with Crippen molar-refractivity contribution in [1.29, 1.82) is 0 Å². The molecule has 0 atom stereocenters. The number of nitro benzene ring substituents is 1. The van der Waals surface area contributed by atoms with E-state index in [9.17, 15) is 15.2 Å². The molecule has 0 saturated carbocycles. The molecule has 2 aromatic rings. The highest BCUT2D eigenvalue weighted by Gasteiger charge is 2.14. The zero-order valence-electron chi connectivity index (χ0n) is 11.0. The summed E-state index contributed by atoms with van der Waals surface area (Å²) in [5.41, 5.74) is 0.541. The second kappa shape index (κ2) is 6.36. The fourth-order valence-corrected chi connectivity index (χ4v) is 2.21. The first-order chi connectivity index (χ1) is 10.0. The largest absolute Gasteiger partial charge is 0.502 e. The number of hydrogen-bond donors (Lipinski definition) is 1. The maximum absolute atomic E-state index is 10.7. The van der Waals surface area contributed by atoms with Crippen molar-refractivity contribution >= 4 is 33.5 Å². The Balaban J connectivity index is 2.31. The lowest BCUT2D eigenvalue weighted by atomic mass is 10.2. The smallest absolute Gasteiger partial charge is 0.311 e. The summed E-state index contributed by atoms with van der Waals surface area (Å²) in [7, 11) is 1.56. The number of nitro groups is 1. The van der Waals surface area contributed by atoms with Crippen LogP contribution in [0.3, 0.4) is 0 Å². The van der Waals surface area contributed by atoms with Crippen molar-refractivity contribution in [3.05, 3.63) is 56.5 Å². The minimum Gasteiger partial charge on any atom is -0.502 e. The van der Waals surface area contributed by atoms with Crippen LogP contribution in [0.2, 0.25) is 0 Å².